The minimum absolute atomic E-state index is 0.239. The normalized spacial score (nSPS) is 11.2. The molecule has 0 aliphatic heterocycles. The third-order valence-corrected chi connectivity index (χ3v) is 7.39. The molecule has 11 heteroatoms. The summed E-state index contributed by atoms with van der Waals surface area (Å²) in [6, 6.07) is 5.73. The highest BCUT2D eigenvalue weighted by atomic mass is 35.5. The van der Waals surface area contributed by atoms with E-state index >= 15 is 0 Å². The van der Waals surface area contributed by atoms with E-state index in [1.54, 1.807) is 18.4 Å². The molecular weight excluding hydrogens is 493 g/mol. The topological polar surface area (TPSA) is 81.4 Å². The molecule has 32 heavy (non-hydrogen) atoms. The molecule has 7 nitrogen and oxygen atoms in total. The van der Waals surface area contributed by atoms with Gasteiger partial charge in [0.15, 0.2) is 18.2 Å². The minimum atomic E-state index is -0.350. The van der Waals surface area contributed by atoms with E-state index < -0.39 is 0 Å². The lowest BCUT2D eigenvalue weighted by molar-refractivity contribution is -0.118. The smallest absolute Gasteiger partial charge is 0.262 e. The molecule has 1 N–H and O–H groups in total. The van der Waals surface area contributed by atoms with Gasteiger partial charge >= 0.3 is 0 Å². The van der Waals surface area contributed by atoms with Crippen molar-refractivity contribution in [1.82, 2.24) is 19.8 Å². The summed E-state index contributed by atoms with van der Waals surface area (Å²) in [5.74, 6) is 0.602. The Hall–Kier alpha value is -2.39. The van der Waals surface area contributed by atoms with Crippen molar-refractivity contribution < 1.29 is 9.53 Å². The molecule has 0 saturated heterocycles. The maximum Gasteiger partial charge on any atom is 0.262 e. The second-order valence-electron chi connectivity index (χ2n) is 7.24. The molecule has 2 aromatic heterocycles. The SMILES string of the molecule is Cc1ccc(-c2nn3c(C)nnc3s2)cc1NC(=O)COc1c(Cl)c(C)c(Cl)c(C)c1Cl. The number of nitrogens with zero attached hydrogens (tertiary/aromatic N) is 4. The molecule has 0 fully saturated rings. The predicted molar refractivity (Wildman–Crippen MR) is 129 cm³/mol. The number of halogens is 3. The van der Waals surface area contributed by atoms with Crippen LogP contribution in [0.1, 0.15) is 22.5 Å². The highest BCUT2D eigenvalue weighted by Gasteiger charge is 2.19. The van der Waals surface area contributed by atoms with Crippen molar-refractivity contribution in [2.75, 3.05) is 11.9 Å². The Balaban J connectivity index is 1.52. The molecule has 0 radical (unpaired) electrons. The molecule has 0 atom stereocenters. The van der Waals surface area contributed by atoms with Crippen molar-refractivity contribution in [3.05, 3.63) is 55.8 Å². The Morgan fingerprint density at radius 2 is 1.75 bits per heavy atom. The Morgan fingerprint density at radius 3 is 2.41 bits per heavy atom. The molecule has 0 bridgehead atoms. The highest BCUT2D eigenvalue weighted by molar-refractivity contribution is 7.19. The summed E-state index contributed by atoms with van der Waals surface area (Å²) >= 11 is 20.3. The first-order valence-corrected chi connectivity index (χ1v) is 11.5. The molecule has 0 saturated carbocycles. The lowest BCUT2D eigenvalue weighted by Gasteiger charge is -2.16. The number of ether oxygens (including phenoxy) is 1. The second-order valence-corrected chi connectivity index (χ2v) is 9.33. The van der Waals surface area contributed by atoms with Gasteiger partial charge in [-0.1, -0.05) is 58.3 Å². The number of aromatic nitrogens is 4. The Bertz CT molecular complexity index is 1340. The van der Waals surface area contributed by atoms with Crippen molar-refractivity contribution in [2.24, 2.45) is 0 Å². The highest BCUT2D eigenvalue weighted by Crippen LogP contribution is 2.42. The zero-order chi connectivity index (χ0) is 23.2. The largest absolute Gasteiger partial charge is 0.481 e. The zero-order valence-corrected chi connectivity index (χ0v) is 20.7. The maximum atomic E-state index is 12.6. The van der Waals surface area contributed by atoms with Gasteiger partial charge in [0.05, 0.1) is 10.0 Å². The van der Waals surface area contributed by atoms with Crippen LogP contribution in [0.3, 0.4) is 0 Å². The lowest BCUT2D eigenvalue weighted by atomic mass is 10.1. The number of carbonyl (C=O) groups is 1. The summed E-state index contributed by atoms with van der Waals surface area (Å²) in [6.07, 6.45) is 0. The summed E-state index contributed by atoms with van der Waals surface area (Å²) in [7, 11) is 0. The fourth-order valence-corrected chi connectivity index (χ4v) is 4.79. The van der Waals surface area contributed by atoms with E-state index in [4.69, 9.17) is 39.5 Å². The van der Waals surface area contributed by atoms with Gasteiger partial charge in [-0.05, 0) is 50.5 Å². The first kappa shape index (κ1) is 22.8. The quantitative estimate of drug-likeness (QED) is 0.353. The standard InChI is InChI=1S/C21H18Cl3N5O2S/c1-9-5-6-13(20-28-29-12(4)26-27-21(29)32-20)7-14(9)25-15(30)8-31-19-17(23)10(2)16(22)11(3)18(19)24/h5-7H,8H2,1-4H3,(H,25,30). The molecule has 0 unspecified atom stereocenters. The summed E-state index contributed by atoms with van der Waals surface area (Å²) in [5, 5.41) is 17.3. The number of aryl methyl sites for hydroxylation is 2. The van der Waals surface area contributed by atoms with Crippen LogP contribution >= 0.6 is 46.1 Å². The van der Waals surface area contributed by atoms with Crippen LogP contribution in [0.25, 0.3) is 15.5 Å². The van der Waals surface area contributed by atoms with Crippen LogP contribution in [0, 0.1) is 27.7 Å². The van der Waals surface area contributed by atoms with Crippen molar-refractivity contribution in [1.29, 1.82) is 0 Å². The summed E-state index contributed by atoms with van der Waals surface area (Å²) in [5.41, 5.74) is 3.70. The fraction of sp³-hybridized carbons (Fsp3) is 0.238. The zero-order valence-electron chi connectivity index (χ0n) is 17.6. The Labute approximate surface area is 203 Å². The van der Waals surface area contributed by atoms with Crippen LogP contribution in [-0.2, 0) is 4.79 Å². The van der Waals surface area contributed by atoms with Crippen molar-refractivity contribution in [2.45, 2.75) is 27.7 Å². The number of carbonyl (C=O) groups excluding carboxylic acids is 1. The van der Waals surface area contributed by atoms with Crippen LogP contribution in [0.5, 0.6) is 5.75 Å². The van der Waals surface area contributed by atoms with Gasteiger partial charge in [0, 0.05) is 16.3 Å². The van der Waals surface area contributed by atoms with Crippen molar-refractivity contribution in [3.8, 4) is 16.3 Å². The van der Waals surface area contributed by atoms with Gasteiger partial charge in [0.1, 0.15) is 5.01 Å². The molecule has 0 aliphatic carbocycles. The Morgan fingerprint density at radius 1 is 1.06 bits per heavy atom. The number of hydrogen-bond donors (Lipinski definition) is 1. The van der Waals surface area contributed by atoms with Crippen molar-refractivity contribution >= 4 is 62.7 Å². The molecule has 166 valence electrons. The van der Waals surface area contributed by atoms with E-state index in [-0.39, 0.29) is 28.3 Å². The number of fused-ring (bicyclic) bond motifs is 1. The molecule has 0 spiro atoms. The van der Waals surface area contributed by atoms with E-state index in [9.17, 15) is 4.79 Å². The van der Waals surface area contributed by atoms with E-state index in [2.05, 4.69) is 20.6 Å². The molecule has 0 aliphatic rings. The average Bonchev–Trinajstić information content (AvgIpc) is 3.34. The molecule has 1 amide bonds. The van der Waals surface area contributed by atoms with E-state index in [1.165, 1.54) is 11.3 Å². The fourth-order valence-electron chi connectivity index (χ4n) is 3.08. The number of nitrogens with one attached hydrogen (secondary N) is 1. The van der Waals surface area contributed by atoms with Crippen LogP contribution in [0.15, 0.2) is 18.2 Å². The Kier molecular flexibility index (Phi) is 6.31. The number of anilines is 1. The average molecular weight is 511 g/mol. The number of amides is 1. The van der Waals surface area contributed by atoms with Gasteiger partial charge in [-0.3, -0.25) is 4.79 Å². The second kappa shape index (κ2) is 8.86. The van der Waals surface area contributed by atoms with Crippen LogP contribution in [0.4, 0.5) is 5.69 Å². The monoisotopic (exact) mass is 509 g/mol. The predicted octanol–water partition coefficient (Wildman–Crippen LogP) is 6.06. The number of rotatable bonds is 5. The van der Waals surface area contributed by atoms with Crippen LogP contribution in [-0.4, -0.2) is 32.3 Å². The van der Waals surface area contributed by atoms with Crippen LogP contribution < -0.4 is 10.1 Å². The van der Waals surface area contributed by atoms with E-state index in [0.29, 0.717) is 32.6 Å². The summed E-state index contributed by atoms with van der Waals surface area (Å²) in [4.78, 5) is 13.3. The number of hydrogen-bond acceptors (Lipinski definition) is 6. The molecule has 4 rings (SSSR count). The first-order valence-electron chi connectivity index (χ1n) is 9.53. The van der Waals surface area contributed by atoms with Gasteiger partial charge in [-0.15, -0.1) is 10.2 Å². The minimum Gasteiger partial charge on any atom is -0.481 e. The molecule has 4 aromatic rings. The van der Waals surface area contributed by atoms with Gasteiger partial charge in [-0.2, -0.15) is 9.61 Å². The van der Waals surface area contributed by atoms with Gasteiger partial charge in [0.2, 0.25) is 4.96 Å². The molecular formula is C21H18Cl3N5O2S. The van der Waals surface area contributed by atoms with E-state index in [1.807, 2.05) is 32.0 Å². The van der Waals surface area contributed by atoms with E-state index in [0.717, 1.165) is 16.1 Å². The van der Waals surface area contributed by atoms with Crippen molar-refractivity contribution in [3.63, 3.8) is 0 Å². The molecule has 2 aromatic carbocycles. The van der Waals surface area contributed by atoms with Gasteiger partial charge < -0.3 is 10.1 Å². The third-order valence-electron chi connectivity index (χ3n) is 4.97. The van der Waals surface area contributed by atoms with Gasteiger partial charge in [0.25, 0.3) is 5.91 Å². The summed E-state index contributed by atoms with van der Waals surface area (Å²) < 4.78 is 7.34. The molecule has 2 heterocycles. The van der Waals surface area contributed by atoms with Crippen LogP contribution in [0.2, 0.25) is 15.1 Å². The third kappa shape index (κ3) is 4.15. The number of benzene rings is 2. The summed E-state index contributed by atoms with van der Waals surface area (Å²) in [6.45, 7) is 7.01. The first-order chi connectivity index (χ1) is 15.2. The lowest BCUT2D eigenvalue weighted by Crippen LogP contribution is -2.21. The van der Waals surface area contributed by atoms with Gasteiger partial charge in [-0.25, -0.2) is 0 Å². The maximum absolute atomic E-state index is 12.6.